The first-order valence-electron chi connectivity index (χ1n) is 7.87. The lowest BCUT2D eigenvalue weighted by molar-refractivity contribution is -0.146. The molecule has 1 atom stereocenters. The number of ether oxygens (including phenoxy) is 1. The Labute approximate surface area is 153 Å². The van der Waals surface area contributed by atoms with Crippen LogP contribution in [0.1, 0.15) is 13.8 Å². The Kier molecular flexibility index (Phi) is 6.30. The van der Waals surface area contributed by atoms with Crippen LogP contribution < -0.4 is 5.56 Å². The van der Waals surface area contributed by atoms with Crippen molar-refractivity contribution in [3.05, 3.63) is 39.4 Å². The second-order valence-electron chi connectivity index (χ2n) is 5.70. The number of hydrogen-bond acceptors (Lipinski definition) is 5. The summed E-state index contributed by atoms with van der Waals surface area (Å²) in [4.78, 5) is 42.4. The van der Waals surface area contributed by atoms with Gasteiger partial charge in [-0.2, -0.15) is 0 Å². The molecule has 1 unspecified atom stereocenters. The van der Waals surface area contributed by atoms with E-state index in [0.29, 0.717) is 17.4 Å². The standard InChI is InChI=1S/C17H20BrN3O4/c1-4-20(8-11(2)17(24)25-3)15(22)9-21-10-19-14-6-5-12(18)7-13(14)16(21)23/h5-7,10-11H,4,8-9H2,1-3H3. The molecular weight excluding hydrogens is 390 g/mol. The van der Waals surface area contributed by atoms with Crippen molar-refractivity contribution < 1.29 is 14.3 Å². The topological polar surface area (TPSA) is 81.5 Å². The summed E-state index contributed by atoms with van der Waals surface area (Å²) in [6, 6.07) is 5.23. The predicted molar refractivity (Wildman–Crippen MR) is 97.1 cm³/mol. The molecule has 1 heterocycles. The Balaban J connectivity index is 2.21. The molecule has 0 bridgehead atoms. The number of halogens is 1. The summed E-state index contributed by atoms with van der Waals surface area (Å²) in [5.41, 5.74) is 0.292. The number of benzene rings is 1. The molecule has 0 saturated carbocycles. The van der Waals surface area contributed by atoms with Crippen LogP contribution in [0.25, 0.3) is 10.9 Å². The van der Waals surface area contributed by atoms with Crippen molar-refractivity contribution in [2.75, 3.05) is 20.2 Å². The Morgan fingerprint density at radius 2 is 2.12 bits per heavy atom. The van der Waals surface area contributed by atoms with E-state index in [4.69, 9.17) is 0 Å². The van der Waals surface area contributed by atoms with Gasteiger partial charge in [-0.3, -0.25) is 19.0 Å². The highest BCUT2D eigenvalue weighted by atomic mass is 79.9. The zero-order valence-corrected chi connectivity index (χ0v) is 15.9. The average Bonchev–Trinajstić information content (AvgIpc) is 2.61. The minimum Gasteiger partial charge on any atom is -0.469 e. The van der Waals surface area contributed by atoms with Gasteiger partial charge in [-0.05, 0) is 25.1 Å². The predicted octanol–water partition coefficient (Wildman–Crippen LogP) is 1.82. The van der Waals surface area contributed by atoms with Crippen LogP contribution in [0.4, 0.5) is 0 Å². The summed E-state index contributed by atoms with van der Waals surface area (Å²) in [7, 11) is 1.31. The highest BCUT2D eigenvalue weighted by Gasteiger charge is 2.21. The fourth-order valence-corrected chi connectivity index (χ4v) is 2.86. The zero-order chi connectivity index (χ0) is 18.6. The number of likely N-dealkylation sites (N-methyl/N-ethyl adjacent to an activating group) is 1. The molecular formula is C17H20BrN3O4. The molecule has 0 radical (unpaired) electrons. The van der Waals surface area contributed by atoms with E-state index < -0.39 is 5.92 Å². The molecule has 134 valence electrons. The van der Waals surface area contributed by atoms with Crippen molar-refractivity contribution in [1.29, 1.82) is 0 Å². The van der Waals surface area contributed by atoms with E-state index in [1.54, 1.807) is 25.1 Å². The number of carbonyl (C=O) groups is 2. The molecule has 7 nitrogen and oxygen atoms in total. The smallest absolute Gasteiger partial charge is 0.310 e. The summed E-state index contributed by atoms with van der Waals surface area (Å²) in [5, 5.41) is 0.440. The highest BCUT2D eigenvalue weighted by molar-refractivity contribution is 9.10. The Hall–Kier alpha value is -2.22. The van der Waals surface area contributed by atoms with Gasteiger partial charge in [0.2, 0.25) is 5.91 Å². The largest absolute Gasteiger partial charge is 0.469 e. The van der Waals surface area contributed by atoms with E-state index in [-0.39, 0.29) is 30.5 Å². The second kappa shape index (κ2) is 8.24. The third kappa shape index (κ3) is 4.45. The maximum atomic E-state index is 12.6. The molecule has 0 aliphatic rings. The molecule has 25 heavy (non-hydrogen) atoms. The molecule has 8 heteroatoms. The molecule has 0 fully saturated rings. The van der Waals surface area contributed by atoms with E-state index >= 15 is 0 Å². The maximum Gasteiger partial charge on any atom is 0.310 e. The molecule has 1 aromatic heterocycles. The minimum absolute atomic E-state index is 0.129. The number of nitrogens with zero attached hydrogens (tertiary/aromatic N) is 3. The number of hydrogen-bond donors (Lipinski definition) is 0. The lowest BCUT2D eigenvalue weighted by Gasteiger charge is -2.23. The van der Waals surface area contributed by atoms with Gasteiger partial charge in [0, 0.05) is 17.6 Å². The van der Waals surface area contributed by atoms with Crippen LogP contribution in [0.5, 0.6) is 0 Å². The highest BCUT2D eigenvalue weighted by Crippen LogP contribution is 2.14. The lowest BCUT2D eigenvalue weighted by Crippen LogP contribution is -2.40. The van der Waals surface area contributed by atoms with Crippen molar-refractivity contribution in [2.24, 2.45) is 5.92 Å². The van der Waals surface area contributed by atoms with Crippen molar-refractivity contribution in [3.63, 3.8) is 0 Å². The van der Waals surface area contributed by atoms with Crippen LogP contribution in [-0.4, -0.2) is 46.5 Å². The number of esters is 1. The van der Waals surface area contributed by atoms with Crippen molar-refractivity contribution in [3.8, 4) is 0 Å². The summed E-state index contributed by atoms with van der Waals surface area (Å²) < 4.78 is 6.74. The van der Waals surface area contributed by atoms with Crippen LogP contribution in [0, 0.1) is 5.92 Å². The third-order valence-corrected chi connectivity index (χ3v) is 4.42. The van der Waals surface area contributed by atoms with Gasteiger partial charge in [0.25, 0.3) is 5.56 Å². The minimum atomic E-state index is -0.434. The number of aromatic nitrogens is 2. The zero-order valence-electron chi connectivity index (χ0n) is 14.4. The van der Waals surface area contributed by atoms with Gasteiger partial charge in [0.05, 0.1) is 30.3 Å². The number of amides is 1. The third-order valence-electron chi connectivity index (χ3n) is 3.92. The lowest BCUT2D eigenvalue weighted by atomic mass is 10.1. The summed E-state index contributed by atoms with van der Waals surface area (Å²) in [5.74, 6) is -1.06. The first-order valence-corrected chi connectivity index (χ1v) is 8.67. The van der Waals surface area contributed by atoms with E-state index in [1.165, 1.54) is 22.9 Å². The van der Waals surface area contributed by atoms with E-state index in [0.717, 1.165) is 4.47 Å². The van der Waals surface area contributed by atoms with Gasteiger partial charge in [0.15, 0.2) is 0 Å². The molecule has 0 saturated heterocycles. The summed E-state index contributed by atoms with van der Waals surface area (Å²) in [6.45, 7) is 4.06. The van der Waals surface area contributed by atoms with Gasteiger partial charge < -0.3 is 9.64 Å². The van der Waals surface area contributed by atoms with Gasteiger partial charge in [-0.25, -0.2) is 4.98 Å². The summed E-state index contributed by atoms with van der Waals surface area (Å²) in [6.07, 6.45) is 1.37. The Morgan fingerprint density at radius 3 is 2.76 bits per heavy atom. The normalized spacial score (nSPS) is 12.0. The fourth-order valence-electron chi connectivity index (χ4n) is 2.50. The van der Waals surface area contributed by atoms with E-state index in [9.17, 15) is 14.4 Å². The average molecular weight is 410 g/mol. The second-order valence-corrected chi connectivity index (χ2v) is 6.61. The van der Waals surface area contributed by atoms with Gasteiger partial charge in [-0.15, -0.1) is 0 Å². The van der Waals surface area contributed by atoms with Crippen molar-refractivity contribution in [1.82, 2.24) is 14.5 Å². The van der Waals surface area contributed by atoms with Gasteiger partial charge >= 0.3 is 5.97 Å². The molecule has 2 rings (SSSR count). The first-order chi connectivity index (χ1) is 11.9. The quantitative estimate of drug-likeness (QED) is 0.679. The Bertz CT molecular complexity index is 849. The van der Waals surface area contributed by atoms with Crippen molar-refractivity contribution in [2.45, 2.75) is 20.4 Å². The van der Waals surface area contributed by atoms with Crippen LogP contribution in [0.15, 0.2) is 33.8 Å². The van der Waals surface area contributed by atoms with Crippen LogP contribution in [0.3, 0.4) is 0 Å². The molecule has 1 amide bonds. The molecule has 0 spiro atoms. The molecule has 0 N–H and O–H groups in total. The van der Waals surface area contributed by atoms with E-state index in [2.05, 4.69) is 25.7 Å². The molecule has 0 aliphatic heterocycles. The SMILES string of the molecule is CCN(CC(C)C(=O)OC)C(=O)Cn1cnc2ccc(Br)cc2c1=O. The van der Waals surface area contributed by atoms with Crippen LogP contribution >= 0.6 is 15.9 Å². The maximum absolute atomic E-state index is 12.6. The number of methoxy groups -OCH3 is 1. The monoisotopic (exact) mass is 409 g/mol. The molecule has 0 aliphatic carbocycles. The van der Waals surface area contributed by atoms with Gasteiger partial charge in [0.1, 0.15) is 6.54 Å². The number of fused-ring (bicyclic) bond motifs is 1. The first kappa shape index (κ1) is 19.1. The molecule has 1 aromatic carbocycles. The number of rotatable bonds is 6. The molecule has 2 aromatic rings. The Morgan fingerprint density at radius 1 is 1.40 bits per heavy atom. The van der Waals surface area contributed by atoms with Gasteiger partial charge in [-0.1, -0.05) is 22.9 Å². The summed E-state index contributed by atoms with van der Waals surface area (Å²) >= 11 is 3.33. The van der Waals surface area contributed by atoms with Crippen molar-refractivity contribution >= 4 is 38.7 Å². The van der Waals surface area contributed by atoms with Crippen LogP contribution in [-0.2, 0) is 20.9 Å². The number of carbonyl (C=O) groups excluding carboxylic acids is 2. The van der Waals surface area contributed by atoms with Crippen LogP contribution in [0.2, 0.25) is 0 Å². The van der Waals surface area contributed by atoms with E-state index in [1.807, 2.05) is 6.92 Å². The fraction of sp³-hybridized carbons (Fsp3) is 0.412.